The Morgan fingerprint density at radius 1 is 1.35 bits per heavy atom. The molecule has 0 aromatic carbocycles. The maximum Gasteiger partial charge on any atom is 0.410 e. The normalized spacial score (nSPS) is 17.6. The van der Waals surface area contributed by atoms with E-state index in [4.69, 9.17) is 9.47 Å². The molecule has 0 bridgehead atoms. The molecule has 1 aromatic rings. The van der Waals surface area contributed by atoms with Crippen molar-refractivity contribution >= 4 is 12.1 Å². The smallest absolute Gasteiger partial charge is 0.410 e. The van der Waals surface area contributed by atoms with Gasteiger partial charge in [0.15, 0.2) is 5.69 Å². The zero-order valence-electron chi connectivity index (χ0n) is 14.1. The molecule has 8 nitrogen and oxygen atoms in total. The van der Waals surface area contributed by atoms with Crippen molar-refractivity contribution in [3.63, 3.8) is 0 Å². The van der Waals surface area contributed by atoms with Crippen molar-refractivity contribution in [3.05, 3.63) is 21.9 Å². The van der Waals surface area contributed by atoms with Gasteiger partial charge in [-0.25, -0.2) is 14.4 Å². The first kappa shape index (κ1) is 17.1. The number of imidazole rings is 1. The summed E-state index contributed by atoms with van der Waals surface area (Å²) in [6, 6.07) is -0.221. The monoisotopic (exact) mass is 325 g/mol. The van der Waals surface area contributed by atoms with Gasteiger partial charge in [0.25, 0.3) is 0 Å². The van der Waals surface area contributed by atoms with Gasteiger partial charge in [0, 0.05) is 6.54 Å². The summed E-state index contributed by atoms with van der Waals surface area (Å²) in [5, 5.41) is 0. The minimum atomic E-state index is -0.615. The van der Waals surface area contributed by atoms with Crippen molar-refractivity contribution in [1.29, 1.82) is 0 Å². The SMILES string of the molecule is CCOC(=O)c1[nH]c(=O)n2c1CN(C(=O)OC(C)(C)C)C(C)C2. The van der Waals surface area contributed by atoms with Gasteiger partial charge >= 0.3 is 17.8 Å². The number of H-pyrrole nitrogens is 1. The average molecular weight is 325 g/mol. The molecule has 0 radical (unpaired) electrons. The van der Waals surface area contributed by atoms with Crippen molar-refractivity contribution in [2.75, 3.05) is 6.61 Å². The summed E-state index contributed by atoms with van der Waals surface area (Å²) in [5.74, 6) is -0.600. The van der Waals surface area contributed by atoms with Gasteiger partial charge in [-0.15, -0.1) is 0 Å². The molecule has 128 valence electrons. The third-order valence-electron chi connectivity index (χ3n) is 3.50. The average Bonchev–Trinajstić information content (AvgIpc) is 2.73. The van der Waals surface area contributed by atoms with Gasteiger partial charge < -0.3 is 9.47 Å². The van der Waals surface area contributed by atoms with Gasteiger partial charge in [-0.2, -0.15) is 0 Å². The highest BCUT2D eigenvalue weighted by atomic mass is 16.6. The number of ether oxygens (including phenoxy) is 2. The van der Waals surface area contributed by atoms with Crippen LogP contribution < -0.4 is 5.69 Å². The van der Waals surface area contributed by atoms with E-state index < -0.39 is 17.7 Å². The summed E-state index contributed by atoms with van der Waals surface area (Å²) < 4.78 is 11.8. The van der Waals surface area contributed by atoms with E-state index in [1.807, 2.05) is 6.92 Å². The number of amides is 1. The third kappa shape index (κ3) is 3.57. The van der Waals surface area contributed by atoms with Crippen LogP contribution >= 0.6 is 0 Å². The van der Waals surface area contributed by atoms with Crippen molar-refractivity contribution < 1.29 is 19.1 Å². The molecule has 1 aliphatic rings. The molecule has 1 amide bonds. The molecule has 2 rings (SSSR count). The lowest BCUT2D eigenvalue weighted by molar-refractivity contribution is 0.00925. The molecular formula is C15H23N3O5. The summed E-state index contributed by atoms with van der Waals surface area (Å²) in [6.07, 6.45) is -0.472. The highest BCUT2D eigenvalue weighted by Gasteiger charge is 2.34. The van der Waals surface area contributed by atoms with Crippen molar-refractivity contribution in [1.82, 2.24) is 14.5 Å². The Hall–Kier alpha value is -2.25. The van der Waals surface area contributed by atoms with Crippen LogP contribution in [0.5, 0.6) is 0 Å². The maximum atomic E-state index is 12.3. The van der Waals surface area contributed by atoms with Gasteiger partial charge in [0.05, 0.1) is 24.9 Å². The van der Waals surface area contributed by atoms with E-state index in [0.29, 0.717) is 12.2 Å². The summed E-state index contributed by atoms with van der Waals surface area (Å²) in [5.41, 5.74) is -0.454. The second kappa shape index (κ2) is 6.10. The van der Waals surface area contributed by atoms with Crippen LogP contribution in [-0.2, 0) is 22.6 Å². The van der Waals surface area contributed by atoms with Crippen LogP contribution in [0, 0.1) is 0 Å². The summed E-state index contributed by atoms with van der Waals surface area (Å²) in [4.78, 5) is 40.4. The first-order valence-electron chi connectivity index (χ1n) is 7.62. The predicted octanol–water partition coefficient (Wildman–Crippen LogP) is 1.49. The molecule has 8 heteroatoms. The van der Waals surface area contributed by atoms with Gasteiger partial charge in [-0.1, -0.05) is 0 Å². The number of aromatic amines is 1. The standard InChI is InChI=1S/C15H23N3O5/c1-6-22-12(19)11-10-8-17(14(21)23-15(3,4)5)9(2)7-18(10)13(20)16-11/h9H,6-8H2,1-5H3,(H,16,20). The fourth-order valence-electron chi connectivity index (χ4n) is 2.48. The molecule has 1 aliphatic heterocycles. The highest BCUT2D eigenvalue weighted by molar-refractivity contribution is 5.88. The van der Waals surface area contributed by atoms with Crippen LogP contribution in [0.4, 0.5) is 4.79 Å². The minimum absolute atomic E-state index is 0.0947. The Labute approximate surface area is 134 Å². The number of fused-ring (bicyclic) bond motifs is 1. The number of carbonyl (C=O) groups excluding carboxylic acids is 2. The van der Waals surface area contributed by atoms with Gasteiger partial charge in [0.1, 0.15) is 5.60 Å². The molecule has 2 heterocycles. The topological polar surface area (TPSA) is 93.6 Å². The lowest BCUT2D eigenvalue weighted by Crippen LogP contribution is -2.48. The van der Waals surface area contributed by atoms with Gasteiger partial charge in [0.2, 0.25) is 0 Å². The second-order valence-electron chi connectivity index (χ2n) is 6.54. The Bertz CT molecular complexity index is 668. The van der Waals surface area contributed by atoms with E-state index in [1.165, 1.54) is 9.47 Å². The van der Waals surface area contributed by atoms with E-state index in [2.05, 4.69) is 4.98 Å². The largest absolute Gasteiger partial charge is 0.461 e. The van der Waals surface area contributed by atoms with Crippen LogP contribution in [-0.4, -0.2) is 44.8 Å². The number of hydrogen-bond donors (Lipinski definition) is 1. The molecule has 1 N–H and O–H groups in total. The fraction of sp³-hybridized carbons (Fsp3) is 0.667. The molecule has 0 saturated heterocycles. The second-order valence-corrected chi connectivity index (χ2v) is 6.54. The number of esters is 1. The van der Waals surface area contributed by atoms with Gasteiger partial charge in [-0.3, -0.25) is 14.5 Å². The number of aromatic nitrogens is 2. The highest BCUT2D eigenvalue weighted by Crippen LogP contribution is 2.21. The molecule has 1 atom stereocenters. The molecule has 0 spiro atoms. The Morgan fingerprint density at radius 3 is 2.57 bits per heavy atom. The van der Waals surface area contributed by atoms with Crippen molar-refractivity contribution in [2.45, 2.75) is 59.4 Å². The lowest BCUT2D eigenvalue weighted by Gasteiger charge is -2.35. The van der Waals surface area contributed by atoms with Crippen molar-refractivity contribution in [2.24, 2.45) is 0 Å². The van der Waals surface area contributed by atoms with E-state index in [1.54, 1.807) is 27.7 Å². The molecule has 1 unspecified atom stereocenters. The molecule has 0 saturated carbocycles. The summed E-state index contributed by atoms with van der Waals surface area (Å²) in [6.45, 7) is 9.50. The zero-order chi connectivity index (χ0) is 17.4. The summed E-state index contributed by atoms with van der Waals surface area (Å²) in [7, 11) is 0. The van der Waals surface area contributed by atoms with Crippen LogP contribution in [0.2, 0.25) is 0 Å². The molecular weight excluding hydrogens is 302 g/mol. The Balaban J connectivity index is 2.32. The van der Waals surface area contributed by atoms with Gasteiger partial charge in [-0.05, 0) is 34.6 Å². The van der Waals surface area contributed by atoms with E-state index in [9.17, 15) is 14.4 Å². The Kier molecular flexibility index (Phi) is 4.53. The number of nitrogens with zero attached hydrogens (tertiary/aromatic N) is 2. The summed E-state index contributed by atoms with van der Waals surface area (Å²) >= 11 is 0. The van der Waals surface area contributed by atoms with Crippen LogP contribution in [0.25, 0.3) is 0 Å². The third-order valence-corrected chi connectivity index (χ3v) is 3.50. The number of hydrogen-bond acceptors (Lipinski definition) is 5. The van der Waals surface area contributed by atoms with E-state index in [0.717, 1.165) is 0 Å². The molecule has 23 heavy (non-hydrogen) atoms. The first-order valence-corrected chi connectivity index (χ1v) is 7.62. The molecule has 0 aliphatic carbocycles. The van der Waals surface area contributed by atoms with Crippen LogP contribution in [0.3, 0.4) is 0 Å². The minimum Gasteiger partial charge on any atom is -0.461 e. The van der Waals surface area contributed by atoms with Crippen molar-refractivity contribution in [3.8, 4) is 0 Å². The Morgan fingerprint density at radius 2 is 2.00 bits per heavy atom. The molecule has 1 aromatic heterocycles. The maximum absolute atomic E-state index is 12.3. The molecule has 0 fully saturated rings. The first-order chi connectivity index (χ1) is 10.6. The number of rotatable bonds is 2. The lowest BCUT2D eigenvalue weighted by atomic mass is 10.1. The predicted molar refractivity (Wildman–Crippen MR) is 82.2 cm³/mol. The van der Waals surface area contributed by atoms with Crippen LogP contribution in [0.15, 0.2) is 4.79 Å². The number of carbonyl (C=O) groups is 2. The number of nitrogens with one attached hydrogen (secondary N) is 1. The zero-order valence-corrected chi connectivity index (χ0v) is 14.1. The van der Waals surface area contributed by atoms with E-state index in [-0.39, 0.29) is 30.6 Å². The van der Waals surface area contributed by atoms with E-state index >= 15 is 0 Å². The quantitative estimate of drug-likeness (QED) is 0.832. The van der Waals surface area contributed by atoms with Crippen LogP contribution in [0.1, 0.15) is 50.8 Å². The fourth-order valence-corrected chi connectivity index (χ4v) is 2.48.